The lowest BCUT2D eigenvalue weighted by atomic mass is 9.92. The summed E-state index contributed by atoms with van der Waals surface area (Å²) in [6, 6.07) is 0.689. The van der Waals surface area contributed by atoms with Crippen LogP contribution in [0, 0.1) is 0 Å². The Bertz CT molecular complexity index is 297. The maximum absolute atomic E-state index is 3.71. The van der Waals surface area contributed by atoms with Crippen LogP contribution in [-0.2, 0) is 0 Å². The summed E-state index contributed by atoms with van der Waals surface area (Å²) < 4.78 is 0. The fourth-order valence-corrected chi connectivity index (χ4v) is 3.14. The summed E-state index contributed by atoms with van der Waals surface area (Å²) in [5.74, 6) is 0. The molecule has 0 radical (unpaired) electrons. The molecule has 0 amide bonds. The minimum atomic E-state index is 0.327. The highest BCUT2D eigenvalue weighted by Gasteiger charge is 2.32. The molecular formula is C16H30N2. The quantitative estimate of drug-likeness (QED) is 0.770. The molecule has 1 heterocycles. The van der Waals surface area contributed by atoms with Gasteiger partial charge in [-0.05, 0) is 52.4 Å². The molecule has 2 heteroatoms. The molecule has 1 saturated heterocycles. The molecule has 2 rings (SSSR count). The molecule has 1 aliphatic carbocycles. The van der Waals surface area contributed by atoms with Gasteiger partial charge in [0.25, 0.3) is 0 Å². The molecule has 0 saturated carbocycles. The normalized spacial score (nSPS) is 34.4. The van der Waals surface area contributed by atoms with Gasteiger partial charge in [-0.15, -0.1) is 0 Å². The number of allylic oxidation sites excluding steroid dienone is 1. The van der Waals surface area contributed by atoms with Gasteiger partial charge in [0.15, 0.2) is 0 Å². The fourth-order valence-electron chi connectivity index (χ4n) is 3.14. The number of hydrogen-bond donors (Lipinski definition) is 1. The van der Waals surface area contributed by atoms with Crippen molar-refractivity contribution in [1.29, 1.82) is 0 Å². The van der Waals surface area contributed by atoms with E-state index in [-0.39, 0.29) is 0 Å². The molecule has 2 atom stereocenters. The summed E-state index contributed by atoms with van der Waals surface area (Å²) in [6.07, 6.45) is 10.5. The minimum absolute atomic E-state index is 0.327. The first-order valence-corrected chi connectivity index (χ1v) is 7.80. The SMILES string of the molecule is CCC1(C)CN(CCC2=CCCCC2)C(C)CN1. The van der Waals surface area contributed by atoms with Gasteiger partial charge >= 0.3 is 0 Å². The number of hydrogen-bond acceptors (Lipinski definition) is 2. The van der Waals surface area contributed by atoms with Gasteiger partial charge in [0.05, 0.1) is 0 Å². The standard InChI is InChI=1S/C16H30N2/c1-4-16(3)13-18(14(2)12-17-16)11-10-15-8-6-5-7-9-15/h8,14,17H,4-7,9-13H2,1-3H3. The smallest absolute Gasteiger partial charge is 0.0278 e. The lowest BCUT2D eigenvalue weighted by molar-refractivity contribution is 0.0941. The average Bonchev–Trinajstić information content (AvgIpc) is 2.41. The van der Waals surface area contributed by atoms with Gasteiger partial charge in [-0.25, -0.2) is 0 Å². The van der Waals surface area contributed by atoms with Crippen molar-refractivity contribution in [2.24, 2.45) is 0 Å². The molecule has 2 unspecified atom stereocenters. The van der Waals surface area contributed by atoms with Gasteiger partial charge < -0.3 is 5.32 Å². The predicted octanol–water partition coefficient (Wildman–Crippen LogP) is 3.34. The van der Waals surface area contributed by atoms with Gasteiger partial charge in [-0.3, -0.25) is 4.90 Å². The zero-order chi connectivity index (χ0) is 13.0. The van der Waals surface area contributed by atoms with Crippen LogP contribution in [0.15, 0.2) is 11.6 Å². The number of rotatable bonds is 4. The maximum atomic E-state index is 3.71. The number of nitrogens with one attached hydrogen (secondary N) is 1. The van der Waals surface area contributed by atoms with E-state index in [4.69, 9.17) is 0 Å². The largest absolute Gasteiger partial charge is 0.309 e. The van der Waals surface area contributed by atoms with Crippen LogP contribution in [0.25, 0.3) is 0 Å². The van der Waals surface area contributed by atoms with Crippen molar-refractivity contribution in [2.45, 2.75) is 70.9 Å². The lowest BCUT2D eigenvalue weighted by Crippen LogP contribution is -2.61. The molecule has 2 nitrogen and oxygen atoms in total. The molecule has 104 valence electrons. The van der Waals surface area contributed by atoms with Crippen LogP contribution in [-0.4, -0.2) is 36.1 Å². The van der Waals surface area contributed by atoms with E-state index in [2.05, 4.69) is 37.1 Å². The molecule has 1 aliphatic heterocycles. The van der Waals surface area contributed by atoms with Crippen molar-refractivity contribution in [2.75, 3.05) is 19.6 Å². The zero-order valence-electron chi connectivity index (χ0n) is 12.5. The van der Waals surface area contributed by atoms with Crippen LogP contribution in [0.3, 0.4) is 0 Å². The Morgan fingerprint density at radius 1 is 1.44 bits per heavy atom. The zero-order valence-corrected chi connectivity index (χ0v) is 12.5. The number of nitrogens with zero attached hydrogens (tertiary/aromatic N) is 1. The van der Waals surface area contributed by atoms with Crippen LogP contribution in [0.1, 0.15) is 59.3 Å². The van der Waals surface area contributed by atoms with Crippen molar-refractivity contribution >= 4 is 0 Å². The molecular weight excluding hydrogens is 220 g/mol. The first kappa shape index (κ1) is 14.1. The van der Waals surface area contributed by atoms with Gasteiger partial charge in [0, 0.05) is 31.2 Å². The van der Waals surface area contributed by atoms with Crippen molar-refractivity contribution < 1.29 is 0 Å². The fraction of sp³-hybridized carbons (Fsp3) is 0.875. The molecule has 2 aliphatic rings. The van der Waals surface area contributed by atoms with Crippen LogP contribution in [0.4, 0.5) is 0 Å². The molecule has 0 aromatic carbocycles. The van der Waals surface area contributed by atoms with E-state index >= 15 is 0 Å². The van der Waals surface area contributed by atoms with E-state index in [9.17, 15) is 0 Å². The summed E-state index contributed by atoms with van der Waals surface area (Å²) in [5, 5.41) is 3.71. The molecule has 0 aromatic rings. The minimum Gasteiger partial charge on any atom is -0.309 e. The second kappa shape index (κ2) is 6.21. The summed E-state index contributed by atoms with van der Waals surface area (Å²) in [7, 11) is 0. The molecule has 0 bridgehead atoms. The van der Waals surface area contributed by atoms with E-state index < -0.39 is 0 Å². The average molecular weight is 250 g/mol. The third kappa shape index (κ3) is 3.58. The van der Waals surface area contributed by atoms with Gasteiger partial charge in [0.2, 0.25) is 0 Å². The first-order chi connectivity index (χ1) is 8.63. The molecule has 0 spiro atoms. The molecule has 18 heavy (non-hydrogen) atoms. The van der Waals surface area contributed by atoms with Crippen molar-refractivity contribution in [3.05, 3.63) is 11.6 Å². The lowest BCUT2D eigenvalue weighted by Gasteiger charge is -2.45. The highest BCUT2D eigenvalue weighted by Crippen LogP contribution is 2.23. The third-order valence-corrected chi connectivity index (χ3v) is 4.89. The topological polar surface area (TPSA) is 15.3 Å². The van der Waals surface area contributed by atoms with Crippen molar-refractivity contribution in [3.8, 4) is 0 Å². The molecule has 1 fully saturated rings. The van der Waals surface area contributed by atoms with E-state index in [1.807, 2.05) is 0 Å². The monoisotopic (exact) mass is 250 g/mol. The van der Waals surface area contributed by atoms with Crippen LogP contribution >= 0.6 is 0 Å². The van der Waals surface area contributed by atoms with E-state index in [1.165, 1.54) is 51.6 Å². The highest BCUT2D eigenvalue weighted by molar-refractivity contribution is 5.06. The number of piperazine rings is 1. The van der Waals surface area contributed by atoms with Gasteiger partial charge in [-0.1, -0.05) is 18.6 Å². The van der Waals surface area contributed by atoms with Crippen LogP contribution < -0.4 is 5.32 Å². The Morgan fingerprint density at radius 3 is 2.94 bits per heavy atom. The van der Waals surface area contributed by atoms with E-state index in [0.29, 0.717) is 11.6 Å². The van der Waals surface area contributed by atoms with E-state index in [0.717, 1.165) is 6.54 Å². The van der Waals surface area contributed by atoms with Gasteiger partial charge in [0.1, 0.15) is 0 Å². The maximum Gasteiger partial charge on any atom is 0.0278 e. The Labute approximate surface area is 113 Å². The Kier molecular flexibility index (Phi) is 4.85. The second-order valence-electron chi connectivity index (χ2n) is 6.47. The molecule has 1 N–H and O–H groups in total. The summed E-state index contributed by atoms with van der Waals surface area (Å²) in [5.41, 5.74) is 2.04. The van der Waals surface area contributed by atoms with E-state index in [1.54, 1.807) is 5.57 Å². The highest BCUT2D eigenvalue weighted by atomic mass is 15.2. The first-order valence-electron chi connectivity index (χ1n) is 7.80. The second-order valence-corrected chi connectivity index (χ2v) is 6.47. The third-order valence-electron chi connectivity index (χ3n) is 4.89. The van der Waals surface area contributed by atoms with Crippen molar-refractivity contribution in [3.63, 3.8) is 0 Å². The summed E-state index contributed by atoms with van der Waals surface area (Å²) in [6.45, 7) is 10.6. The predicted molar refractivity (Wildman–Crippen MR) is 78.9 cm³/mol. The Morgan fingerprint density at radius 2 is 2.28 bits per heavy atom. The molecule has 0 aromatic heterocycles. The van der Waals surface area contributed by atoms with Crippen molar-refractivity contribution in [1.82, 2.24) is 10.2 Å². The Hall–Kier alpha value is -0.340. The summed E-state index contributed by atoms with van der Waals surface area (Å²) >= 11 is 0. The van der Waals surface area contributed by atoms with Crippen LogP contribution in [0.5, 0.6) is 0 Å². The van der Waals surface area contributed by atoms with Gasteiger partial charge in [-0.2, -0.15) is 0 Å². The Balaban J connectivity index is 1.85. The van der Waals surface area contributed by atoms with Crippen LogP contribution in [0.2, 0.25) is 0 Å². The summed E-state index contributed by atoms with van der Waals surface area (Å²) in [4.78, 5) is 2.69.